The largest absolute Gasteiger partial charge is 0.336 e. The zero-order valence-corrected chi connectivity index (χ0v) is 14.5. The standard InChI is InChI=1S/C23H19N3/c1-2-8-19-16-26(15-13-17(19)6-1)23-24-14-12-22(25-23)21-11-5-9-18-7-3-4-10-20(18)21/h1-12,14H,13,15-16H2. The summed E-state index contributed by atoms with van der Waals surface area (Å²) in [5, 5.41) is 2.46. The van der Waals surface area contributed by atoms with Gasteiger partial charge in [-0.2, -0.15) is 0 Å². The molecule has 2 heterocycles. The topological polar surface area (TPSA) is 29.0 Å². The van der Waals surface area contributed by atoms with Crippen LogP contribution >= 0.6 is 0 Å². The third-order valence-corrected chi connectivity index (χ3v) is 5.12. The van der Waals surface area contributed by atoms with Crippen molar-refractivity contribution < 1.29 is 0 Å². The highest BCUT2D eigenvalue weighted by atomic mass is 15.2. The number of aromatic nitrogens is 2. The average Bonchev–Trinajstić information content (AvgIpc) is 2.73. The summed E-state index contributed by atoms with van der Waals surface area (Å²) in [6.07, 6.45) is 2.91. The summed E-state index contributed by atoms with van der Waals surface area (Å²) in [6, 6.07) is 25.5. The molecule has 3 aromatic carbocycles. The lowest BCUT2D eigenvalue weighted by Gasteiger charge is -2.29. The van der Waals surface area contributed by atoms with E-state index in [9.17, 15) is 0 Å². The lowest BCUT2D eigenvalue weighted by Crippen LogP contribution is -2.31. The maximum atomic E-state index is 4.90. The molecule has 1 aliphatic heterocycles. The molecule has 0 aliphatic carbocycles. The smallest absolute Gasteiger partial charge is 0.226 e. The predicted octanol–water partition coefficient (Wildman–Crippen LogP) is 4.86. The summed E-state index contributed by atoms with van der Waals surface area (Å²) in [5.41, 5.74) is 4.95. The molecular weight excluding hydrogens is 318 g/mol. The number of hydrogen-bond acceptors (Lipinski definition) is 3. The van der Waals surface area contributed by atoms with E-state index in [4.69, 9.17) is 4.98 Å². The molecule has 0 spiro atoms. The zero-order valence-electron chi connectivity index (χ0n) is 14.5. The number of hydrogen-bond donors (Lipinski definition) is 0. The highest BCUT2D eigenvalue weighted by molar-refractivity contribution is 5.95. The fraction of sp³-hybridized carbons (Fsp3) is 0.130. The third kappa shape index (κ3) is 2.62. The van der Waals surface area contributed by atoms with Crippen molar-refractivity contribution in [2.24, 2.45) is 0 Å². The molecule has 0 unspecified atom stereocenters. The summed E-state index contributed by atoms with van der Waals surface area (Å²) in [7, 11) is 0. The maximum Gasteiger partial charge on any atom is 0.226 e. The molecule has 0 N–H and O–H groups in total. The number of nitrogens with zero attached hydrogens (tertiary/aromatic N) is 3. The minimum atomic E-state index is 0.810. The first-order chi connectivity index (χ1) is 12.9. The SMILES string of the molecule is c1ccc2c(c1)CCN(c1nccc(-c3cccc4ccccc34)n1)C2. The molecule has 0 amide bonds. The Balaban J connectivity index is 1.54. The molecule has 0 atom stereocenters. The predicted molar refractivity (Wildman–Crippen MR) is 106 cm³/mol. The Morgan fingerprint density at radius 1 is 0.769 bits per heavy atom. The molecule has 0 saturated carbocycles. The number of fused-ring (bicyclic) bond motifs is 2. The Labute approximate surface area is 153 Å². The van der Waals surface area contributed by atoms with Crippen LogP contribution in [0.15, 0.2) is 79.0 Å². The van der Waals surface area contributed by atoms with E-state index in [0.717, 1.165) is 36.7 Å². The van der Waals surface area contributed by atoms with Crippen LogP contribution in [0.3, 0.4) is 0 Å². The molecule has 5 rings (SSSR count). The summed E-state index contributed by atoms with van der Waals surface area (Å²) >= 11 is 0. The van der Waals surface area contributed by atoms with Crippen molar-refractivity contribution in [2.45, 2.75) is 13.0 Å². The number of anilines is 1. The third-order valence-electron chi connectivity index (χ3n) is 5.12. The van der Waals surface area contributed by atoms with Crippen molar-refractivity contribution in [3.63, 3.8) is 0 Å². The van der Waals surface area contributed by atoms with E-state index in [1.54, 1.807) is 0 Å². The molecule has 0 bridgehead atoms. The van der Waals surface area contributed by atoms with Crippen LogP contribution in [-0.4, -0.2) is 16.5 Å². The van der Waals surface area contributed by atoms with E-state index >= 15 is 0 Å². The normalized spacial score (nSPS) is 13.6. The van der Waals surface area contributed by atoms with Crippen molar-refractivity contribution >= 4 is 16.7 Å². The van der Waals surface area contributed by atoms with Crippen molar-refractivity contribution in [1.29, 1.82) is 0 Å². The van der Waals surface area contributed by atoms with E-state index in [1.165, 1.54) is 21.9 Å². The van der Waals surface area contributed by atoms with Gasteiger partial charge in [-0.1, -0.05) is 66.7 Å². The second-order valence-electron chi connectivity index (χ2n) is 6.71. The van der Waals surface area contributed by atoms with E-state index in [0.29, 0.717) is 0 Å². The van der Waals surface area contributed by atoms with E-state index in [-0.39, 0.29) is 0 Å². The van der Waals surface area contributed by atoms with Crippen LogP contribution in [0.5, 0.6) is 0 Å². The van der Waals surface area contributed by atoms with Gasteiger partial charge in [0.1, 0.15) is 0 Å². The molecule has 3 heteroatoms. The fourth-order valence-electron chi connectivity index (χ4n) is 3.77. The molecule has 3 nitrogen and oxygen atoms in total. The number of benzene rings is 3. The van der Waals surface area contributed by atoms with Gasteiger partial charge < -0.3 is 4.90 Å². The van der Waals surface area contributed by atoms with Gasteiger partial charge >= 0.3 is 0 Å². The molecule has 1 aromatic heterocycles. The molecule has 1 aliphatic rings. The van der Waals surface area contributed by atoms with Crippen molar-refractivity contribution in [2.75, 3.05) is 11.4 Å². The molecule has 0 radical (unpaired) electrons. The average molecular weight is 337 g/mol. The summed E-state index contributed by atoms with van der Waals surface area (Å²) in [6.45, 7) is 1.82. The van der Waals surface area contributed by atoms with Gasteiger partial charge in [0, 0.05) is 24.8 Å². The van der Waals surface area contributed by atoms with Crippen LogP contribution in [0.2, 0.25) is 0 Å². The van der Waals surface area contributed by atoms with Gasteiger partial charge in [0.2, 0.25) is 5.95 Å². The molecule has 0 fully saturated rings. The van der Waals surface area contributed by atoms with Crippen LogP contribution in [0.25, 0.3) is 22.0 Å². The minimum Gasteiger partial charge on any atom is -0.336 e. The van der Waals surface area contributed by atoms with Gasteiger partial charge in [-0.3, -0.25) is 0 Å². The van der Waals surface area contributed by atoms with Gasteiger partial charge in [-0.25, -0.2) is 9.97 Å². The van der Waals surface area contributed by atoms with Crippen LogP contribution in [0.4, 0.5) is 5.95 Å². The Hall–Kier alpha value is -3.20. The van der Waals surface area contributed by atoms with E-state index < -0.39 is 0 Å². The summed E-state index contributed by atoms with van der Waals surface area (Å²) in [4.78, 5) is 11.7. The number of rotatable bonds is 2. The second-order valence-corrected chi connectivity index (χ2v) is 6.71. The van der Waals surface area contributed by atoms with Crippen LogP contribution < -0.4 is 4.90 Å². The van der Waals surface area contributed by atoms with Crippen molar-refractivity contribution in [3.8, 4) is 11.3 Å². The minimum absolute atomic E-state index is 0.810. The molecular formula is C23H19N3. The highest BCUT2D eigenvalue weighted by Crippen LogP contribution is 2.29. The Morgan fingerprint density at radius 2 is 1.58 bits per heavy atom. The second kappa shape index (κ2) is 6.26. The van der Waals surface area contributed by atoms with Crippen LogP contribution in [0.1, 0.15) is 11.1 Å². The van der Waals surface area contributed by atoms with Crippen LogP contribution in [0, 0.1) is 0 Å². The quantitative estimate of drug-likeness (QED) is 0.523. The molecule has 4 aromatic rings. The summed E-state index contributed by atoms with van der Waals surface area (Å²) < 4.78 is 0. The first kappa shape index (κ1) is 15.1. The van der Waals surface area contributed by atoms with Gasteiger partial charge in [0.05, 0.1) is 5.69 Å². The zero-order chi connectivity index (χ0) is 17.3. The Kier molecular flexibility index (Phi) is 3.64. The van der Waals surface area contributed by atoms with Gasteiger partial charge in [-0.15, -0.1) is 0 Å². The van der Waals surface area contributed by atoms with Crippen molar-refractivity contribution in [3.05, 3.63) is 90.1 Å². The van der Waals surface area contributed by atoms with Gasteiger partial charge in [-0.05, 0) is 34.4 Å². The van der Waals surface area contributed by atoms with Crippen LogP contribution in [-0.2, 0) is 13.0 Å². The Morgan fingerprint density at radius 3 is 2.54 bits per heavy atom. The highest BCUT2D eigenvalue weighted by Gasteiger charge is 2.18. The lowest BCUT2D eigenvalue weighted by atomic mass is 10.0. The van der Waals surface area contributed by atoms with Gasteiger partial charge in [0.15, 0.2) is 0 Å². The van der Waals surface area contributed by atoms with Gasteiger partial charge in [0.25, 0.3) is 0 Å². The first-order valence-corrected chi connectivity index (χ1v) is 9.01. The monoisotopic (exact) mass is 337 g/mol. The molecule has 26 heavy (non-hydrogen) atoms. The van der Waals surface area contributed by atoms with E-state index in [1.807, 2.05) is 12.3 Å². The molecule has 0 saturated heterocycles. The Bertz CT molecular complexity index is 1080. The lowest BCUT2D eigenvalue weighted by molar-refractivity contribution is 0.708. The maximum absolute atomic E-state index is 4.90. The summed E-state index contributed by atoms with van der Waals surface area (Å²) in [5.74, 6) is 0.810. The van der Waals surface area contributed by atoms with Crippen molar-refractivity contribution in [1.82, 2.24) is 9.97 Å². The molecule has 126 valence electrons. The fourth-order valence-corrected chi connectivity index (χ4v) is 3.77. The van der Waals surface area contributed by atoms with E-state index in [2.05, 4.69) is 76.6 Å². The first-order valence-electron chi connectivity index (χ1n) is 9.01.